The first-order valence-electron chi connectivity index (χ1n) is 12.9. The van der Waals surface area contributed by atoms with Crippen LogP contribution in [0, 0.1) is 34.5 Å². The Morgan fingerprint density at radius 3 is 1.65 bits per heavy atom. The van der Waals surface area contributed by atoms with Crippen molar-refractivity contribution in [3.8, 4) is 0 Å². The summed E-state index contributed by atoms with van der Waals surface area (Å²) in [6, 6.07) is 0. The van der Waals surface area contributed by atoms with E-state index >= 15 is 0 Å². The molecule has 0 aromatic rings. The number of cyclic esters (lactones) is 1. The van der Waals surface area contributed by atoms with Gasteiger partial charge in [-0.25, -0.2) is 4.79 Å². The summed E-state index contributed by atoms with van der Waals surface area (Å²) in [4.78, 5) is 35.1. The predicted octanol–water partition coefficient (Wildman–Crippen LogP) is 8.01. The molecule has 4 saturated carbocycles. The van der Waals surface area contributed by atoms with Crippen LogP contribution in [0.5, 0.6) is 0 Å². The van der Waals surface area contributed by atoms with Crippen LogP contribution in [0.25, 0.3) is 0 Å². The Labute approximate surface area is 229 Å². The van der Waals surface area contributed by atoms with Crippen molar-refractivity contribution in [2.45, 2.75) is 141 Å². The van der Waals surface area contributed by atoms with Crippen molar-refractivity contribution in [1.29, 1.82) is 0 Å². The van der Waals surface area contributed by atoms with E-state index in [-0.39, 0.29) is 52.7 Å². The highest BCUT2D eigenvalue weighted by atomic mass is 16.6. The summed E-state index contributed by atoms with van der Waals surface area (Å²) in [5.74, 6) is 2.36. The lowest BCUT2D eigenvalue weighted by Gasteiger charge is -2.59. The molecule has 0 N–H and O–H groups in total. The molecular formula is C31H60O6. The maximum absolute atomic E-state index is 12.5. The molecular weight excluding hydrogens is 468 g/mol. The van der Waals surface area contributed by atoms with Gasteiger partial charge >= 0.3 is 17.9 Å². The van der Waals surface area contributed by atoms with Gasteiger partial charge in [0, 0.05) is 6.42 Å². The van der Waals surface area contributed by atoms with Crippen LogP contribution in [0.1, 0.15) is 130 Å². The smallest absolute Gasteiger partial charge is 0.347 e. The molecule has 6 heteroatoms. The van der Waals surface area contributed by atoms with Crippen LogP contribution in [-0.4, -0.2) is 36.2 Å². The molecule has 1 saturated heterocycles. The Bertz CT molecular complexity index is 725. The van der Waals surface area contributed by atoms with Crippen molar-refractivity contribution in [2.75, 3.05) is 6.61 Å². The minimum Gasteiger partial charge on any atom is -0.463 e. The molecule has 5 fully saturated rings. The van der Waals surface area contributed by atoms with E-state index in [4.69, 9.17) is 14.2 Å². The quantitative estimate of drug-likeness (QED) is 0.257. The molecule has 1 atom stereocenters. The number of carbonyl (C=O) groups excluding carboxylic acids is 3. The first kappa shape index (κ1) is 37.6. The van der Waals surface area contributed by atoms with Crippen molar-refractivity contribution in [1.82, 2.24) is 0 Å². The van der Waals surface area contributed by atoms with Crippen molar-refractivity contribution >= 4 is 17.9 Å². The minimum absolute atomic E-state index is 0. The fourth-order valence-electron chi connectivity index (χ4n) is 5.79. The van der Waals surface area contributed by atoms with E-state index in [9.17, 15) is 14.4 Å². The van der Waals surface area contributed by atoms with E-state index in [0.29, 0.717) is 31.3 Å². The molecule has 220 valence electrons. The molecule has 0 aromatic carbocycles. The van der Waals surface area contributed by atoms with Gasteiger partial charge in [-0.05, 0) is 103 Å². The maximum Gasteiger partial charge on any atom is 0.347 e. The van der Waals surface area contributed by atoms with Crippen LogP contribution in [0.3, 0.4) is 0 Å². The first-order chi connectivity index (χ1) is 15.3. The number of carbonyl (C=O) groups is 3. The number of esters is 3. The van der Waals surface area contributed by atoms with Crippen LogP contribution in [0.15, 0.2) is 0 Å². The number of hydrogen-bond donors (Lipinski definition) is 0. The third-order valence-electron chi connectivity index (χ3n) is 9.08. The molecule has 4 bridgehead atoms. The molecule has 0 amide bonds. The molecule has 0 spiro atoms. The van der Waals surface area contributed by atoms with Crippen LogP contribution in [0.4, 0.5) is 0 Å². The second-order valence-corrected chi connectivity index (χ2v) is 12.2. The fraction of sp³-hybridized carbons (Fsp3) is 0.903. The lowest BCUT2D eigenvalue weighted by Crippen LogP contribution is -2.58. The molecule has 6 nitrogen and oxygen atoms in total. The Kier molecular flexibility index (Phi) is 14.2. The van der Waals surface area contributed by atoms with E-state index in [1.165, 1.54) is 32.1 Å². The highest BCUT2D eigenvalue weighted by Gasteiger charge is 2.57. The van der Waals surface area contributed by atoms with Gasteiger partial charge < -0.3 is 14.2 Å². The number of rotatable bonds is 6. The summed E-state index contributed by atoms with van der Waals surface area (Å²) < 4.78 is 15.9. The van der Waals surface area contributed by atoms with E-state index in [2.05, 4.69) is 13.8 Å². The van der Waals surface area contributed by atoms with Gasteiger partial charge in [-0.1, -0.05) is 43.6 Å². The molecule has 1 heterocycles. The third kappa shape index (κ3) is 7.95. The lowest BCUT2D eigenvalue weighted by atomic mass is 9.50. The topological polar surface area (TPSA) is 78.9 Å². The molecule has 1 unspecified atom stereocenters. The molecule has 5 rings (SSSR count). The standard InChI is InChI=1S/C17H28O2.C10H16O4.4CH4/c1-5-16(2,3)15(18)19-17(4)13-7-11-6-12(9-13)10-14(17)8-11;1-4-10(2,3)9(12)14-7-5-6-13-8(7)11;;;;/h11-14H,5-10H2,1-4H3;7H,4-6H2,1-3H3;4*1H4. The van der Waals surface area contributed by atoms with Gasteiger partial charge in [-0.3, -0.25) is 9.59 Å². The first-order valence-corrected chi connectivity index (χ1v) is 12.9. The summed E-state index contributed by atoms with van der Waals surface area (Å²) in [5, 5.41) is 0. The number of hydrogen-bond acceptors (Lipinski definition) is 6. The van der Waals surface area contributed by atoms with Gasteiger partial charge in [0.1, 0.15) is 5.60 Å². The third-order valence-corrected chi connectivity index (χ3v) is 9.08. The van der Waals surface area contributed by atoms with E-state index in [1.54, 1.807) is 13.8 Å². The van der Waals surface area contributed by atoms with Gasteiger partial charge in [-0.15, -0.1) is 0 Å². The zero-order valence-corrected chi connectivity index (χ0v) is 21.7. The normalized spacial score (nSPS) is 31.1. The molecule has 0 aromatic heterocycles. The Balaban J connectivity index is 0. The van der Waals surface area contributed by atoms with Gasteiger partial charge in [-0.2, -0.15) is 0 Å². The summed E-state index contributed by atoms with van der Waals surface area (Å²) in [6.07, 6.45) is 7.95. The van der Waals surface area contributed by atoms with Crippen LogP contribution in [-0.2, 0) is 28.6 Å². The summed E-state index contributed by atoms with van der Waals surface area (Å²) in [5.41, 5.74) is -1.03. The Morgan fingerprint density at radius 2 is 1.27 bits per heavy atom. The monoisotopic (exact) mass is 528 g/mol. The van der Waals surface area contributed by atoms with Gasteiger partial charge in [0.05, 0.1) is 17.4 Å². The summed E-state index contributed by atoms with van der Waals surface area (Å²) >= 11 is 0. The molecule has 37 heavy (non-hydrogen) atoms. The van der Waals surface area contributed by atoms with Gasteiger partial charge in [0.2, 0.25) is 6.10 Å². The van der Waals surface area contributed by atoms with Crippen molar-refractivity contribution in [2.24, 2.45) is 34.5 Å². The molecule has 0 radical (unpaired) electrons. The molecule has 5 aliphatic rings. The molecule has 1 aliphatic heterocycles. The van der Waals surface area contributed by atoms with Crippen molar-refractivity contribution < 1.29 is 28.6 Å². The SMILES string of the molecule is C.C.C.C.CCC(C)(C)C(=O)OC1(C)C2CC3CC(C2)CC1C3.CCC(C)(C)C(=O)OC1CCOC1=O. The molecule has 4 aliphatic carbocycles. The van der Waals surface area contributed by atoms with E-state index in [1.807, 2.05) is 20.8 Å². The van der Waals surface area contributed by atoms with E-state index < -0.39 is 17.5 Å². The predicted molar refractivity (Wildman–Crippen MR) is 152 cm³/mol. The zero-order valence-electron chi connectivity index (χ0n) is 21.7. The van der Waals surface area contributed by atoms with Crippen molar-refractivity contribution in [3.05, 3.63) is 0 Å². The van der Waals surface area contributed by atoms with Gasteiger partial charge in [0.15, 0.2) is 0 Å². The average Bonchev–Trinajstić information content (AvgIpc) is 3.16. The second kappa shape index (κ2) is 14.0. The zero-order chi connectivity index (χ0) is 24.6. The summed E-state index contributed by atoms with van der Waals surface area (Å²) in [7, 11) is 0. The minimum atomic E-state index is -0.687. The highest BCUT2D eigenvalue weighted by Crippen LogP contribution is 2.59. The highest BCUT2D eigenvalue weighted by molar-refractivity contribution is 5.82. The van der Waals surface area contributed by atoms with Crippen LogP contribution < -0.4 is 0 Å². The van der Waals surface area contributed by atoms with Gasteiger partial charge in [0.25, 0.3) is 0 Å². The van der Waals surface area contributed by atoms with Crippen LogP contribution >= 0.6 is 0 Å². The van der Waals surface area contributed by atoms with Crippen molar-refractivity contribution in [3.63, 3.8) is 0 Å². The largest absolute Gasteiger partial charge is 0.463 e. The Morgan fingerprint density at radius 1 is 0.838 bits per heavy atom. The summed E-state index contributed by atoms with van der Waals surface area (Å²) in [6.45, 7) is 14.2. The lowest BCUT2D eigenvalue weighted by molar-refractivity contribution is -0.211. The number of ether oxygens (including phenoxy) is 3. The Hall–Kier alpha value is -1.59. The van der Waals surface area contributed by atoms with E-state index in [0.717, 1.165) is 18.3 Å². The maximum atomic E-state index is 12.5. The van der Waals surface area contributed by atoms with Crippen LogP contribution in [0.2, 0.25) is 0 Å². The second-order valence-electron chi connectivity index (χ2n) is 12.2. The average molecular weight is 529 g/mol. The fourth-order valence-corrected chi connectivity index (χ4v) is 5.79.